The Labute approximate surface area is 208 Å². The van der Waals surface area contributed by atoms with E-state index in [1.54, 1.807) is 37.8 Å². The van der Waals surface area contributed by atoms with Crippen molar-refractivity contribution in [2.24, 2.45) is 0 Å². The molecule has 0 saturated heterocycles. The Bertz CT molecular complexity index is 1400. The van der Waals surface area contributed by atoms with Crippen molar-refractivity contribution in [3.63, 3.8) is 0 Å². The Morgan fingerprint density at radius 1 is 0.972 bits per heavy atom. The van der Waals surface area contributed by atoms with Gasteiger partial charge in [0.15, 0.2) is 0 Å². The summed E-state index contributed by atoms with van der Waals surface area (Å²) in [5.74, 6) is -0.0480. The van der Waals surface area contributed by atoms with E-state index in [9.17, 15) is 14.3 Å². The number of hydrogen-bond acceptors (Lipinski definition) is 7. The van der Waals surface area contributed by atoms with Crippen LogP contribution >= 0.6 is 0 Å². The zero-order valence-electron chi connectivity index (χ0n) is 20.5. The fourth-order valence-corrected chi connectivity index (χ4v) is 3.65. The van der Waals surface area contributed by atoms with Gasteiger partial charge in [-0.2, -0.15) is 0 Å². The zero-order chi connectivity index (χ0) is 25.9. The standard InChI is InChI=1S/C27H27FN6O2/c1-16-15-33-24(34-25(35)19-7-10-32-23(13-19)27(2,3)28)14-20(16)17-5-8-30-21(11-17)18-6-9-31-22(12-18)26(36)29-4/h5-15,26,29,36H,1-4H3,(H,33,34,35). The molecule has 0 bridgehead atoms. The second-order valence-corrected chi connectivity index (χ2v) is 8.83. The fourth-order valence-electron chi connectivity index (χ4n) is 3.65. The first-order chi connectivity index (χ1) is 17.2. The second-order valence-electron chi connectivity index (χ2n) is 8.83. The highest BCUT2D eigenvalue weighted by Crippen LogP contribution is 2.29. The molecule has 0 aromatic carbocycles. The van der Waals surface area contributed by atoms with Crippen molar-refractivity contribution in [3.8, 4) is 22.4 Å². The van der Waals surface area contributed by atoms with Gasteiger partial charge in [-0.1, -0.05) is 0 Å². The van der Waals surface area contributed by atoms with Gasteiger partial charge in [-0.15, -0.1) is 0 Å². The number of halogens is 1. The molecule has 1 amide bonds. The van der Waals surface area contributed by atoms with Crippen LogP contribution in [0.5, 0.6) is 0 Å². The van der Waals surface area contributed by atoms with E-state index in [0.717, 1.165) is 22.3 Å². The number of nitrogens with one attached hydrogen (secondary N) is 2. The summed E-state index contributed by atoms with van der Waals surface area (Å²) in [7, 11) is 1.65. The average Bonchev–Trinajstić information content (AvgIpc) is 2.89. The number of pyridine rings is 4. The Hall–Kier alpha value is -4.08. The maximum atomic E-state index is 14.3. The fraction of sp³-hybridized carbons (Fsp3) is 0.222. The summed E-state index contributed by atoms with van der Waals surface area (Å²) in [5, 5.41) is 15.6. The number of carbonyl (C=O) groups excluding carboxylic acids is 1. The minimum atomic E-state index is -1.66. The lowest BCUT2D eigenvalue weighted by Crippen LogP contribution is -2.17. The van der Waals surface area contributed by atoms with Crippen molar-refractivity contribution >= 4 is 11.7 Å². The van der Waals surface area contributed by atoms with Crippen LogP contribution in [0, 0.1) is 6.92 Å². The predicted molar refractivity (Wildman–Crippen MR) is 136 cm³/mol. The molecule has 36 heavy (non-hydrogen) atoms. The predicted octanol–water partition coefficient (Wildman–Crippen LogP) is 4.58. The van der Waals surface area contributed by atoms with Crippen LogP contribution in [0.1, 0.15) is 47.4 Å². The molecule has 1 atom stereocenters. The Morgan fingerprint density at radius 3 is 2.44 bits per heavy atom. The van der Waals surface area contributed by atoms with Gasteiger partial charge < -0.3 is 10.4 Å². The molecular formula is C27H27FN6O2. The van der Waals surface area contributed by atoms with Crippen LogP contribution in [-0.2, 0) is 5.67 Å². The number of alkyl halides is 1. The van der Waals surface area contributed by atoms with Gasteiger partial charge in [0, 0.05) is 35.9 Å². The Kier molecular flexibility index (Phi) is 7.14. The molecule has 4 rings (SSSR count). The highest BCUT2D eigenvalue weighted by Gasteiger charge is 2.22. The van der Waals surface area contributed by atoms with E-state index in [2.05, 4.69) is 30.6 Å². The normalized spacial score (nSPS) is 12.3. The lowest BCUT2D eigenvalue weighted by Gasteiger charge is -2.14. The molecule has 4 aromatic heterocycles. The molecule has 1 unspecified atom stereocenters. The topological polar surface area (TPSA) is 113 Å². The van der Waals surface area contributed by atoms with Gasteiger partial charge in [-0.25, -0.2) is 9.37 Å². The van der Waals surface area contributed by atoms with Crippen LogP contribution in [0.25, 0.3) is 22.4 Å². The number of amides is 1. The second kappa shape index (κ2) is 10.3. The molecule has 0 aliphatic rings. The van der Waals surface area contributed by atoms with Crippen molar-refractivity contribution < 1.29 is 14.3 Å². The first-order valence-electron chi connectivity index (χ1n) is 11.4. The molecule has 0 fully saturated rings. The first kappa shape index (κ1) is 25.0. The quantitative estimate of drug-likeness (QED) is 0.328. The van der Waals surface area contributed by atoms with Crippen molar-refractivity contribution in [3.05, 3.63) is 89.8 Å². The molecule has 0 spiro atoms. The third-order valence-electron chi connectivity index (χ3n) is 5.68. The molecule has 4 aromatic rings. The summed E-state index contributed by atoms with van der Waals surface area (Å²) in [6, 6.07) is 12.2. The molecule has 0 aliphatic carbocycles. The molecule has 4 heterocycles. The Balaban J connectivity index is 1.62. The van der Waals surface area contributed by atoms with E-state index in [1.165, 1.54) is 32.2 Å². The molecule has 0 radical (unpaired) electrons. The monoisotopic (exact) mass is 486 g/mol. The van der Waals surface area contributed by atoms with Crippen LogP contribution in [0.3, 0.4) is 0 Å². The van der Waals surface area contributed by atoms with Gasteiger partial charge in [0.05, 0.1) is 17.1 Å². The summed E-state index contributed by atoms with van der Waals surface area (Å²) in [5.41, 5.74) is 3.48. The number of rotatable bonds is 7. The van der Waals surface area contributed by atoms with Crippen LogP contribution in [0.15, 0.2) is 67.3 Å². The summed E-state index contributed by atoms with van der Waals surface area (Å²) in [6.45, 7) is 4.72. The largest absolute Gasteiger partial charge is 0.373 e. The van der Waals surface area contributed by atoms with Crippen molar-refractivity contribution in [1.29, 1.82) is 0 Å². The third kappa shape index (κ3) is 5.59. The first-order valence-corrected chi connectivity index (χ1v) is 11.4. The molecule has 184 valence electrons. The van der Waals surface area contributed by atoms with Gasteiger partial charge in [0.1, 0.15) is 17.7 Å². The van der Waals surface area contributed by atoms with E-state index in [-0.39, 0.29) is 11.3 Å². The Morgan fingerprint density at radius 2 is 1.69 bits per heavy atom. The van der Waals surface area contributed by atoms with Crippen LogP contribution in [-0.4, -0.2) is 38.0 Å². The van der Waals surface area contributed by atoms with Gasteiger partial charge in [0.2, 0.25) is 0 Å². The van der Waals surface area contributed by atoms with Crippen molar-refractivity contribution in [2.45, 2.75) is 32.7 Å². The van der Waals surface area contributed by atoms with Crippen LogP contribution < -0.4 is 10.6 Å². The summed E-state index contributed by atoms with van der Waals surface area (Å²) >= 11 is 0. The minimum Gasteiger partial charge on any atom is -0.373 e. The maximum absolute atomic E-state index is 14.3. The van der Waals surface area contributed by atoms with Crippen LogP contribution in [0.4, 0.5) is 10.2 Å². The number of anilines is 1. The van der Waals surface area contributed by atoms with Crippen LogP contribution in [0.2, 0.25) is 0 Å². The summed E-state index contributed by atoms with van der Waals surface area (Å²) < 4.78 is 14.3. The van der Waals surface area contributed by atoms with Crippen molar-refractivity contribution in [2.75, 3.05) is 12.4 Å². The number of aliphatic hydroxyl groups is 1. The van der Waals surface area contributed by atoms with E-state index in [0.29, 0.717) is 17.2 Å². The van der Waals surface area contributed by atoms with E-state index < -0.39 is 17.8 Å². The summed E-state index contributed by atoms with van der Waals surface area (Å²) in [4.78, 5) is 29.9. The number of hydrogen-bond donors (Lipinski definition) is 3. The molecule has 3 N–H and O–H groups in total. The minimum absolute atomic E-state index is 0.179. The maximum Gasteiger partial charge on any atom is 0.256 e. The van der Waals surface area contributed by atoms with Crippen molar-refractivity contribution in [1.82, 2.24) is 25.3 Å². The smallest absolute Gasteiger partial charge is 0.256 e. The molecular weight excluding hydrogens is 459 g/mol. The van der Waals surface area contributed by atoms with E-state index in [1.807, 2.05) is 25.1 Å². The molecule has 8 nitrogen and oxygen atoms in total. The van der Waals surface area contributed by atoms with Gasteiger partial charge in [-0.05, 0) is 87.0 Å². The number of aliphatic hydroxyl groups excluding tert-OH is 1. The number of nitrogens with zero attached hydrogens (tertiary/aromatic N) is 4. The number of carbonyl (C=O) groups is 1. The average molecular weight is 487 g/mol. The molecule has 0 saturated carbocycles. The number of aryl methyl sites for hydroxylation is 1. The number of aromatic nitrogens is 4. The van der Waals surface area contributed by atoms with E-state index >= 15 is 0 Å². The third-order valence-corrected chi connectivity index (χ3v) is 5.68. The lowest BCUT2D eigenvalue weighted by atomic mass is 10.0. The highest BCUT2D eigenvalue weighted by molar-refractivity contribution is 6.04. The summed E-state index contributed by atoms with van der Waals surface area (Å²) in [6.07, 6.45) is 5.54. The highest BCUT2D eigenvalue weighted by atomic mass is 19.1. The van der Waals surface area contributed by atoms with Gasteiger partial charge in [0.25, 0.3) is 5.91 Å². The molecule has 9 heteroatoms. The SMILES string of the molecule is CNC(O)c1cc(-c2cc(-c3cc(NC(=O)c4ccnc(C(C)(C)F)c4)ncc3C)ccn2)ccn1. The van der Waals surface area contributed by atoms with E-state index in [4.69, 9.17) is 0 Å². The lowest BCUT2D eigenvalue weighted by molar-refractivity contribution is 0.102. The molecule has 0 aliphatic heterocycles. The zero-order valence-corrected chi connectivity index (χ0v) is 20.5. The van der Waals surface area contributed by atoms with Gasteiger partial charge in [-0.3, -0.25) is 25.1 Å². The van der Waals surface area contributed by atoms with Gasteiger partial charge >= 0.3 is 0 Å².